The van der Waals surface area contributed by atoms with Crippen LogP contribution in [0.4, 0.5) is 0 Å². The van der Waals surface area contributed by atoms with Gasteiger partial charge in [-0.15, -0.1) is 0 Å². The third kappa shape index (κ3) is 4.71. The molecule has 1 aliphatic rings. The monoisotopic (exact) mass is 285 g/mol. The average Bonchev–Trinajstić information content (AvgIpc) is 2.44. The number of hydrogen-bond acceptors (Lipinski definition) is 1. The molecule has 1 atom stereocenters. The highest BCUT2D eigenvalue weighted by Gasteiger charge is 2.18. The molecule has 0 heterocycles. The minimum Gasteiger partial charge on any atom is -0.307 e. The number of rotatable bonds is 5. The third-order valence-electron chi connectivity index (χ3n) is 4.54. The van der Waals surface area contributed by atoms with Gasteiger partial charge in [-0.2, -0.15) is 0 Å². The lowest BCUT2D eigenvalue weighted by molar-refractivity contribution is 0.539. The molecule has 116 valence electrons. The van der Waals surface area contributed by atoms with Gasteiger partial charge in [-0.25, -0.2) is 0 Å². The van der Waals surface area contributed by atoms with Crippen molar-refractivity contribution >= 4 is 0 Å². The summed E-state index contributed by atoms with van der Waals surface area (Å²) >= 11 is 0. The molecule has 1 aliphatic carbocycles. The summed E-state index contributed by atoms with van der Waals surface area (Å²) in [6.07, 6.45) is 11.7. The molecule has 1 heteroatoms. The first-order valence-corrected chi connectivity index (χ1v) is 8.72. The highest BCUT2D eigenvalue weighted by atomic mass is 14.9. The van der Waals surface area contributed by atoms with Crippen molar-refractivity contribution in [2.75, 3.05) is 6.54 Å². The van der Waals surface area contributed by atoms with Gasteiger partial charge in [0, 0.05) is 0 Å². The molecule has 0 spiro atoms. The fourth-order valence-electron chi connectivity index (χ4n) is 3.28. The fraction of sp³-hybridized carbons (Fsp3) is 0.600. The van der Waals surface area contributed by atoms with Gasteiger partial charge in [0.15, 0.2) is 0 Å². The summed E-state index contributed by atoms with van der Waals surface area (Å²) in [4.78, 5) is 0. The highest BCUT2D eigenvalue weighted by molar-refractivity contribution is 5.37. The van der Waals surface area contributed by atoms with Crippen LogP contribution in [0.1, 0.15) is 74.6 Å². The molecule has 0 saturated carbocycles. The van der Waals surface area contributed by atoms with Crippen molar-refractivity contribution in [3.63, 3.8) is 0 Å². The molecule has 1 unspecified atom stereocenters. The maximum Gasteiger partial charge on any atom is 0.0538 e. The second-order valence-corrected chi connectivity index (χ2v) is 6.48. The summed E-state index contributed by atoms with van der Waals surface area (Å²) in [5.41, 5.74) is 5.88. The summed E-state index contributed by atoms with van der Waals surface area (Å²) in [6, 6.07) is 7.29. The number of allylic oxidation sites excluding steroid dienone is 1. The molecular weight excluding hydrogens is 254 g/mol. The fourth-order valence-corrected chi connectivity index (χ4v) is 3.28. The zero-order valence-electron chi connectivity index (χ0n) is 14.0. The summed E-state index contributed by atoms with van der Waals surface area (Å²) < 4.78 is 0. The molecule has 1 aromatic rings. The second kappa shape index (κ2) is 8.38. The van der Waals surface area contributed by atoms with E-state index in [0.717, 1.165) is 6.54 Å². The van der Waals surface area contributed by atoms with Crippen LogP contribution in [0.3, 0.4) is 0 Å². The van der Waals surface area contributed by atoms with Gasteiger partial charge in [-0.1, -0.05) is 55.2 Å². The van der Waals surface area contributed by atoms with Crippen LogP contribution in [0, 0.1) is 13.8 Å². The predicted molar refractivity (Wildman–Crippen MR) is 92.7 cm³/mol. The zero-order valence-corrected chi connectivity index (χ0v) is 14.0. The largest absolute Gasteiger partial charge is 0.307 e. The summed E-state index contributed by atoms with van der Waals surface area (Å²) in [5.74, 6) is 0. The summed E-state index contributed by atoms with van der Waals surface area (Å²) in [6.45, 7) is 7.79. The minimum atomic E-state index is 0.419. The van der Waals surface area contributed by atoms with E-state index in [1.807, 2.05) is 0 Å². The Balaban J connectivity index is 2.29. The number of nitrogens with one attached hydrogen (secondary N) is 1. The Morgan fingerprint density at radius 3 is 2.71 bits per heavy atom. The second-order valence-electron chi connectivity index (χ2n) is 6.48. The van der Waals surface area contributed by atoms with Crippen LogP contribution >= 0.6 is 0 Å². The number of hydrogen-bond donors (Lipinski definition) is 1. The Bertz CT molecular complexity index is 473. The van der Waals surface area contributed by atoms with Gasteiger partial charge in [0.2, 0.25) is 0 Å². The van der Waals surface area contributed by atoms with Crippen molar-refractivity contribution in [1.29, 1.82) is 0 Å². The Morgan fingerprint density at radius 2 is 1.90 bits per heavy atom. The smallest absolute Gasteiger partial charge is 0.0538 e. The van der Waals surface area contributed by atoms with Crippen LogP contribution in [0.15, 0.2) is 29.8 Å². The van der Waals surface area contributed by atoms with Crippen LogP contribution in [0.25, 0.3) is 0 Å². The SMILES string of the molecule is CCCNC(/C1=C/CCCCCC1)c1cc(C)ccc1C. The van der Waals surface area contributed by atoms with E-state index in [1.165, 1.54) is 61.6 Å². The molecule has 0 bridgehead atoms. The molecule has 21 heavy (non-hydrogen) atoms. The molecular formula is C20H31N. The third-order valence-corrected chi connectivity index (χ3v) is 4.54. The van der Waals surface area contributed by atoms with Crippen LogP contribution < -0.4 is 5.32 Å². The van der Waals surface area contributed by atoms with E-state index in [4.69, 9.17) is 0 Å². The van der Waals surface area contributed by atoms with E-state index < -0.39 is 0 Å². The van der Waals surface area contributed by atoms with Crippen molar-refractivity contribution < 1.29 is 0 Å². The van der Waals surface area contributed by atoms with Gasteiger partial charge >= 0.3 is 0 Å². The normalized spacial score (nSPS) is 20.2. The van der Waals surface area contributed by atoms with E-state index in [1.54, 1.807) is 5.57 Å². The van der Waals surface area contributed by atoms with Crippen LogP contribution in [0.5, 0.6) is 0 Å². The first-order valence-electron chi connectivity index (χ1n) is 8.72. The van der Waals surface area contributed by atoms with E-state index in [2.05, 4.69) is 50.4 Å². The molecule has 1 aromatic carbocycles. The van der Waals surface area contributed by atoms with Gasteiger partial charge in [0.1, 0.15) is 0 Å². The van der Waals surface area contributed by atoms with Crippen LogP contribution in [-0.2, 0) is 0 Å². The van der Waals surface area contributed by atoms with Crippen LogP contribution in [-0.4, -0.2) is 6.54 Å². The summed E-state index contributed by atoms with van der Waals surface area (Å²) in [7, 11) is 0. The van der Waals surface area contributed by atoms with Gasteiger partial charge in [0.25, 0.3) is 0 Å². The number of benzene rings is 1. The predicted octanol–water partition coefficient (Wildman–Crippen LogP) is 5.62. The molecule has 0 saturated heterocycles. The summed E-state index contributed by atoms with van der Waals surface area (Å²) in [5, 5.41) is 3.80. The van der Waals surface area contributed by atoms with Gasteiger partial charge in [0.05, 0.1) is 6.04 Å². The molecule has 2 rings (SSSR count). The molecule has 0 radical (unpaired) electrons. The maximum atomic E-state index is 3.80. The molecule has 1 nitrogen and oxygen atoms in total. The lowest BCUT2D eigenvalue weighted by Gasteiger charge is -2.26. The molecule has 0 aromatic heterocycles. The number of aryl methyl sites for hydroxylation is 2. The topological polar surface area (TPSA) is 12.0 Å². The van der Waals surface area contributed by atoms with Crippen molar-refractivity contribution in [1.82, 2.24) is 5.32 Å². The van der Waals surface area contributed by atoms with Crippen molar-refractivity contribution in [3.05, 3.63) is 46.5 Å². The highest BCUT2D eigenvalue weighted by Crippen LogP contribution is 2.31. The quantitative estimate of drug-likeness (QED) is 0.692. The van der Waals surface area contributed by atoms with E-state index >= 15 is 0 Å². The Labute approximate surface area is 130 Å². The van der Waals surface area contributed by atoms with Gasteiger partial charge in [-0.05, 0) is 63.6 Å². The standard InChI is InChI=1S/C20H31N/c1-4-14-21-20(18-10-8-6-5-7-9-11-18)19-15-16(2)12-13-17(19)3/h10,12-13,15,20-21H,4-9,11,14H2,1-3H3/b18-10+. The van der Waals surface area contributed by atoms with E-state index in [9.17, 15) is 0 Å². The van der Waals surface area contributed by atoms with Crippen LogP contribution in [0.2, 0.25) is 0 Å². The first kappa shape index (κ1) is 16.3. The maximum absolute atomic E-state index is 3.80. The molecule has 1 N–H and O–H groups in total. The lowest BCUT2D eigenvalue weighted by atomic mass is 9.88. The zero-order chi connectivity index (χ0) is 15.1. The van der Waals surface area contributed by atoms with Gasteiger partial charge < -0.3 is 5.32 Å². The Kier molecular flexibility index (Phi) is 6.50. The van der Waals surface area contributed by atoms with Crippen molar-refractivity contribution in [3.8, 4) is 0 Å². The average molecular weight is 285 g/mol. The van der Waals surface area contributed by atoms with Crippen molar-refractivity contribution in [2.24, 2.45) is 0 Å². The Morgan fingerprint density at radius 1 is 1.10 bits per heavy atom. The Hall–Kier alpha value is -1.08. The molecule has 0 aliphatic heterocycles. The minimum absolute atomic E-state index is 0.419. The van der Waals surface area contributed by atoms with E-state index in [0.29, 0.717) is 6.04 Å². The molecule has 0 amide bonds. The first-order chi connectivity index (χ1) is 10.2. The van der Waals surface area contributed by atoms with E-state index in [-0.39, 0.29) is 0 Å². The molecule has 0 fully saturated rings. The lowest BCUT2D eigenvalue weighted by Crippen LogP contribution is -2.25. The van der Waals surface area contributed by atoms with Crippen molar-refractivity contribution in [2.45, 2.75) is 71.8 Å². The van der Waals surface area contributed by atoms with Gasteiger partial charge in [-0.3, -0.25) is 0 Å².